The summed E-state index contributed by atoms with van der Waals surface area (Å²) >= 11 is 1.67. The van der Waals surface area contributed by atoms with Crippen molar-refractivity contribution < 1.29 is 9.32 Å². The van der Waals surface area contributed by atoms with Gasteiger partial charge in [-0.15, -0.1) is 11.3 Å². The molecular formula is C14H18N2O2S. The van der Waals surface area contributed by atoms with E-state index in [1.54, 1.807) is 11.3 Å². The minimum absolute atomic E-state index is 0.116. The van der Waals surface area contributed by atoms with Crippen LogP contribution in [0.1, 0.15) is 28.8 Å². The molecule has 102 valence electrons. The van der Waals surface area contributed by atoms with Gasteiger partial charge >= 0.3 is 0 Å². The van der Waals surface area contributed by atoms with Crippen LogP contribution in [0, 0.1) is 13.8 Å². The first-order valence-corrected chi connectivity index (χ1v) is 7.21. The molecule has 4 nitrogen and oxygen atoms in total. The molecule has 0 aliphatic heterocycles. The molecule has 0 aliphatic rings. The highest BCUT2D eigenvalue weighted by molar-refractivity contribution is 7.09. The molecular weight excluding hydrogens is 260 g/mol. The largest absolute Gasteiger partial charge is 0.361 e. The Morgan fingerprint density at radius 3 is 2.79 bits per heavy atom. The Morgan fingerprint density at radius 1 is 1.47 bits per heavy atom. The van der Waals surface area contributed by atoms with E-state index in [4.69, 9.17) is 4.52 Å². The molecule has 0 atom stereocenters. The minimum atomic E-state index is 0.116. The van der Waals surface area contributed by atoms with Gasteiger partial charge in [0.1, 0.15) is 5.76 Å². The second kappa shape index (κ2) is 6.02. The number of aryl methyl sites for hydroxylation is 2. The zero-order valence-electron chi connectivity index (χ0n) is 11.5. The van der Waals surface area contributed by atoms with Gasteiger partial charge in [0, 0.05) is 17.0 Å². The lowest BCUT2D eigenvalue weighted by molar-refractivity contribution is -0.130. The lowest BCUT2D eigenvalue weighted by Crippen LogP contribution is -2.31. The van der Waals surface area contributed by atoms with E-state index < -0.39 is 0 Å². The second-order valence-electron chi connectivity index (χ2n) is 4.47. The number of amides is 1. The monoisotopic (exact) mass is 278 g/mol. The summed E-state index contributed by atoms with van der Waals surface area (Å²) in [4.78, 5) is 15.4. The van der Waals surface area contributed by atoms with Gasteiger partial charge < -0.3 is 9.42 Å². The van der Waals surface area contributed by atoms with Gasteiger partial charge in [0.2, 0.25) is 5.91 Å². The van der Waals surface area contributed by atoms with Crippen molar-refractivity contribution in [3.8, 4) is 0 Å². The summed E-state index contributed by atoms with van der Waals surface area (Å²) in [6.07, 6.45) is 0.361. The maximum atomic E-state index is 12.3. The van der Waals surface area contributed by atoms with Gasteiger partial charge in [-0.25, -0.2) is 0 Å². The standard InChI is InChI=1S/C14H18N2O2S/c1-4-16(9-12-6-5-7-19-12)14(17)8-13-10(2)15-18-11(13)3/h5-7H,4,8-9H2,1-3H3. The normalized spacial score (nSPS) is 10.7. The molecule has 0 unspecified atom stereocenters. The molecule has 19 heavy (non-hydrogen) atoms. The van der Waals surface area contributed by atoms with E-state index in [1.807, 2.05) is 37.1 Å². The quantitative estimate of drug-likeness (QED) is 0.844. The van der Waals surface area contributed by atoms with Gasteiger partial charge in [-0.2, -0.15) is 0 Å². The molecule has 0 aliphatic carbocycles. The van der Waals surface area contributed by atoms with E-state index in [0.29, 0.717) is 19.5 Å². The summed E-state index contributed by atoms with van der Waals surface area (Å²) in [7, 11) is 0. The predicted octanol–water partition coefficient (Wildman–Crippen LogP) is 2.94. The number of aromatic nitrogens is 1. The maximum Gasteiger partial charge on any atom is 0.227 e. The fourth-order valence-electron chi connectivity index (χ4n) is 1.98. The Kier molecular flexibility index (Phi) is 4.37. The van der Waals surface area contributed by atoms with Gasteiger partial charge in [-0.3, -0.25) is 4.79 Å². The summed E-state index contributed by atoms with van der Waals surface area (Å²) in [5, 5.41) is 5.92. The summed E-state index contributed by atoms with van der Waals surface area (Å²) in [6.45, 7) is 7.10. The highest BCUT2D eigenvalue weighted by atomic mass is 32.1. The Balaban J connectivity index is 2.05. The van der Waals surface area contributed by atoms with Crippen molar-refractivity contribution in [1.29, 1.82) is 0 Å². The molecule has 5 heteroatoms. The van der Waals surface area contributed by atoms with Crippen LogP contribution in [0.4, 0.5) is 0 Å². The Hall–Kier alpha value is -1.62. The van der Waals surface area contributed by atoms with E-state index >= 15 is 0 Å². The lowest BCUT2D eigenvalue weighted by atomic mass is 10.1. The molecule has 0 bridgehead atoms. The van der Waals surface area contributed by atoms with E-state index in [1.165, 1.54) is 4.88 Å². The third-order valence-corrected chi connectivity index (χ3v) is 4.03. The zero-order valence-corrected chi connectivity index (χ0v) is 12.3. The second-order valence-corrected chi connectivity index (χ2v) is 5.50. The minimum Gasteiger partial charge on any atom is -0.361 e. The van der Waals surface area contributed by atoms with Gasteiger partial charge in [-0.05, 0) is 32.2 Å². The van der Waals surface area contributed by atoms with Gasteiger partial charge in [-0.1, -0.05) is 11.2 Å². The molecule has 0 radical (unpaired) electrons. The average Bonchev–Trinajstić information content (AvgIpc) is 3.00. The molecule has 1 amide bonds. The van der Waals surface area contributed by atoms with E-state index in [2.05, 4.69) is 11.2 Å². The molecule has 0 spiro atoms. The van der Waals surface area contributed by atoms with E-state index in [9.17, 15) is 4.79 Å². The summed E-state index contributed by atoms with van der Waals surface area (Å²) in [5.41, 5.74) is 1.72. The highest BCUT2D eigenvalue weighted by Crippen LogP contribution is 2.16. The number of hydrogen-bond donors (Lipinski definition) is 0. The number of likely N-dealkylation sites (N-methyl/N-ethyl adjacent to an activating group) is 1. The Bertz CT molecular complexity index is 526. The van der Waals surface area contributed by atoms with Crippen molar-refractivity contribution in [2.24, 2.45) is 0 Å². The lowest BCUT2D eigenvalue weighted by Gasteiger charge is -2.20. The number of thiophene rings is 1. The number of rotatable bonds is 5. The van der Waals surface area contributed by atoms with E-state index in [-0.39, 0.29) is 5.91 Å². The van der Waals surface area contributed by atoms with Crippen molar-refractivity contribution in [2.45, 2.75) is 33.7 Å². The number of nitrogens with zero attached hydrogens (tertiary/aromatic N) is 2. The first kappa shape index (κ1) is 13.8. The first-order chi connectivity index (χ1) is 9.11. The first-order valence-electron chi connectivity index (χ1n) is 6.33. The van der Waals surface area contributed by atoms with Crippen molar-refractivity contribution >= 4 is 17.2 Å². The molecule has 0 saturated heterocycles. The molecule has 0 aromatic carbocycles. The number of carbonyl (C=O) groups is 1. The molecule has 2 heterocycles. The van der Waals surface area contributed by atoms with Crippen molar-refractivity contribution in [2.75, 3.05) is 6.54 Å². The Morgan fingerprint density at radius 2 is 2.26 bits per heavy atom. The predicted molar refractivity (Wildman–Crippen MR) is 75.1 cm³/mol. The van der Waals surface area contributed by atoms with Crippen molar-refractivity contribution in [3.05, 3.63) is 39.4 Å². The summed E-state index contributed by atoms with van der Waals surface area (Å²) in [5.74, 6) is 0.850. The SMILES string of the molecule is CCN(Cc1cccs1)C(=O)Cc1c(C)noc1C. The molecule has 2 rings (SSSR count). The third kappa shape index (κ3) is 3.23. The van der Waals surface area contributed by atoms with Crippen LogP contribution in [0.3, 0.4) is 0 Å². The van der Waals surface area contributed by atoms with Crippen LogP contribution in [0.25, 0.3) is 0 Å². The average molecular weight is 278 g/mol. The fourth-order valence-corrected chi connectivity index (χ4v) is 2.70. The van der Waals surface area contributed by atoms with Crippen molar-refractivity contribution in [3.63, 3.8) is 0 Å². The topological polar surface area (TPSA) is 46.3 Å². The number of carbonyl (C=O) groups excluding carboxylic acids is 1. The summed E-state index contributed by atoms with van der Waals surface area (Å²) < 4.78 is 5.10. The van der Waals surface area contributed by atoms with Gasteiger partial charge in [0.15, 0.2) is 0 Å². The van der Waals surface area contributed by atoms with Crippen molar-refractivity contribution in [1.82, 2.24) is 10.1 Å². The highest BCUT2D eigenvalue weighted by Gasteiger charge is 2.18. The van der Waals surface area contributed by atoms with E-state index in [0.717, 1.165) is 17.0 Å². The molecule has 2 aromatic heterocycles. The van der Waals surface area contributed by atoms with Crippen LogP contribution < -0.4 is 0 Å². The molecule has 0 N–H and O–H groups in total. The smallest absolute Gasteiger partial charge is 0.227 e. The van der Waals surface area contributed by atoms with Crippen LogP contribution in [0.5, 0.6) is 0 Å². The fraction of sp³-hybridized carbons (Fsp3) is 0.429. The summed E-state index contributed by atoms with van der Waals surface area (Å²) in [6, 6.07) is 4.06. The molecule has 2 aromatic rings. The van der Waals surface area contributed by atoms with Crippen LogP contribution in [-0.2, 0) is 17.8 Å². The number of hydrogen-bond acceptors (Lipinski definition) is 4. The van der Waals surface area contributed by atoms with Crippen LogP contribution >= 0.6 is 11.3 Å². The Labute approximate surface area is 117 Å². The maximum absolute atomic E-state index is 12.3. The molecule has 0 fully saturated rings. The van der Waals surface area contributed by atoms with Gasteiger partial charge in [0.05, 0.1) is 18.7 Å². The van der Waals surface area contributed by atoms with Crippen LogP contribution in [0.2, 0.25) is 0 Å². The van der Waals surface area contributed by atoms with Crippen LogP contribution in [-0.4, -0.2) is 22.5 Å². The van der Waals surface area contributed by atoms with Gasteiger partial charge in [0.25, 0.3) is 0 Å². The molecule has 0 saturated carbocycles. The third-order valence-electron chi connectivity index (χ3n) is 3.17. The van der Waals surface area contributed by atoms with Crippen LogP contribution in [0.15, 0.2) is 22.0 Å². The zero-order chi connectivity index (χ0) is 13.8.